The van der Waals surface area contributed by atoms with Crippen LogP contribution in [0.1, 0.15) is 27.2 Å². The number of halogens is 1. The van der Waals surface area contributed by atoms with Gasteiger partial charge in [-0.05, 0) is 24.6 Å². The highest BCUT2D eigenvalue weighted by Crippen LogP contribution is 2.13. The van der Waals surface area contributed by atoms with Crippen molar-refractivity contribution in [3.8, 4) is 5.75 Å². The quantitative estimate of drug-likeness (QED) is 0.206. The van der Waals surface area contributed by atoms with Crippen LogP contribution in [0, 0.1) is 0 Å². The standard InChI is InChI=1S/C19H27N5O2S.HI/c1-4-16-13-24-17(27-16)8-9-22-19(20-2)23-11-10-21-18(25)14-6-5-7-15(12-14)26-3;/h5-7,12-13H,4,8-11H2,1-3H3,(H,21,25)(H2,20,22,23);1H. The van der Waals surface area contributed by atoms with Crippen LogP contribution in [-0.2, 0) is 12.8 Å². The average molecular weight is 517 g/mol. The molecule has 0 radical (unpaired) electrons. The molecule has 1 aromatic carbocycles. The van der Waals surface area contributed by atoms with Gasteiger partial charge in [-0.25, -0.2) is 4.98 Å². The van der Waals surface area contributed by atoms with Gasteiger partial charge >= 0.3 is 0 Å². The van der Waals surface area contributed by atoms with Crippen LogP contribution in [0.2, 0.25) is 0 Å². The van der Waals surface area contributed by atoms with E-state index in [-0.39, 0.29) is 29.9 Å². The molecule has 0 saturated carbocycles. The van der Waals surface area contributed by atoms with Crippen LogP contribution < -0.4 is 20.7 Å². The number of hydrogen-bond acceptors (Lipinski definition) is 5. The van der Waals surface area contributed by atoms with Crippen LogP contribution in [0.25, 0.3) is 0 Å². The van der Waals surface area contributed by atoms with Crippen molar-refractivity contribution in [1.82, 2.24) is 20.9 Å². The number of carbonyl (C=O) groups is 1. The number of nitrogens with one attached hydrogen (secondary N) is 3. The third-order valence-corrected chi connectivity index (χ3v) is 5.04. The first-order valence-electron chi connectivity index (χ1n) is 8.96. The Hall–Kier alpha value is -1.88. The lowest BCUT2D eigenvalue weighted by molar-refractivity contribution is 0.0954. The smallest absolute Gasteiger partial charge is 0.251 e. The normalized spacial score (nSPS) is 10.8. The summed E-state index contributed by atoms with van der Waals surface area (Å²) in [7, 11) is 3.31. The van der Waals surface area contributed by atoms with E-state index in [1.54, 1.807) is 43.7 Å². The summed E-state index contributed by atoms with van der Waals surface area (Å²) in [5, 5.41) is 10.4. The second-order valence-electron chi connectivity index (χ2n) is 5.74. The summed E-state index contributed by atoms with van der Waals surface area (Å²) in [4.78, 5) is 22.0. The zero-order chi connectivity index (χ0) is 19.5. The third-order valence-electron chi connectivity index (χ3n) is 3.84. The Morgan fingerprint density at radius 3 is 2.64 bits per heavy atom. The second-order valence-corrected chi connectivity index (χ2v) is 6.94. The number of benzene rings is 1. The molecule has 2 aromatic rings. The topological polar surface area (TPSA) is 87.6 Å². The van der Waals surface area contributed by atoms with Gasteiger partial charge in [0.25, 0.3) is 5.91 Å². The highest BCUT2D eigenvalue weighted by atomic mass is 127. The number of rotatable bonds is 9. The number of amides is 1. The zero-order valence-corrected chi connectivity index (χ0v) is 19.6. The van der Waals surface area contributed by atoms with Crippen molar-refractivity contribution in [2.24, 2.45) is 4.99 Å². The highest BCUT2D eigenvalue weighted by Gasteiger charge is 2.06. The van der Waals surface area contributed by atoms with Gasteiger partial charge in [-0.3, -0.25) is 9.79 Å². The minimum atomic E-state index is -0.130. The Bertz CT molecular complexity index is 766. The molecule has 7 nitrogen and oxygen atoms in total. The molecule has 0 aliphatic rings. The molecule has 1 aromatic heterocycles. The van der Waals surface area contributed by atoms with Crippen molar-refractivity contribution in [3.05, 3.63) is 45.9 Å². The summed E-state index contributed by atoms with van der Waals surface area (Å²) in [6.07, 6.45) is 3.83. The van der Waals surface area contributed by atoms with Crippen LogP contribution in [0.5, 0.6) is 5.75 Å². The lowest BCUT2D eigenvalue weighted by Gasteiger charge is -2.12. The van der Waals surface area contributed by atoms with Gasteiger partial charge in [0.1, 0.15) is 5.75 Å². The van der Waals surface area contributed by atoms with Gasteiger partial charge in [0.05, 0.1) is 12.1 Å². The molecule has 1 amide bonds. The Kier molecular flexibility index (Phi) is 11.5. The minimum absolute atomic E-state index is 0. The van der Waals surface area contributed by atoms with Crippen LogP contribution in [0.4, 0.5) is 0 Å². The lowest BCUT2D eigenvalue weighted by Crippen LogP contribution is -2.42. The molecule has 154 valence electrons. The molecular weight excluding hydrogens is 489 g/mol. The molecule has 0 atom stereocenters. The summed E-state index contributed by atoms with van der Waals surface area (Å²) >= 11 is 1.75. The van der Waals surface area contributed by atoms with E-state index < -0.39 is 0 Å². The first-order chi connectivity index (χ1) is 13.2. The molecule has 0 spiro atoms. The Balaban J connectivity index is 0.00000392. The maximum Gasteiger partial charge on any atom is 0.251 e. The van der Waals surface area contributed by atoms with E-state index in [0.29, 0.717) is 30.4 Å². The molecule has 28 heavy (non-hydrogen) atoms. The maximum absolute atomic E-state index is 12.1. The number of hydrogen-bond donors (Lipinski definition) is 3. The Morgan fingerprint density at radius 1 is 1.21 bits per heavy atom. The Labute approximate surface area is 187 Å². The van der Waals surface area contributed by atoms with Crippen LogP contribution in [0.3, 0.4) is 0 Å². The number of nitrogens with zero attached hydrogens (tertiary/aromatic N) is 2. The molecule has 0 unspecified atom stereocenters. The summed E-state index contributed by atoms with van der Waals surface area (Å²) < 4.78 is 5.13. The monoisotopic (exact) mass is 517 g/mol. The van der Waals surface area contributed by atoms with Crippen LogP contribution in [-0.4, -0.2) is 50.6 Å². The SMILES string of the molecule is CCc1cnc(CCNC(=NC)NCCNC(=O)c2cccc(OC)c2)s1.I. The van der Waals surface area contributed by atoms with Crippen molar-refractivity contribution >= 4 is 47.2 Å². The Morgan fingerprint density at radius 2 is 1.96 bits per heavy atom. The summed E-state index contributed by atoms with van der Waals surface area (Å²) in [5.41, 5.74) is 0.576. The fourth-order valence-electron chi connectivity index (χ4n) is 2.36. The molecule has 0 bridgehead atoms. The fraction of sp³-hybridized carbons (Fsp3) is 0.421. The number of aliphatic imine (C=N–C) groups is 1. The average Bonchev–Trinajstić information content (AvgIpc) is 3.17. The van der Waals surface area contributed by atoms with Crippen LogP contribution >= 0.6 is 35.3 Å². The van der Waals surface area contributed by atoms with Crippen LogP contribution in [0.15, 0.2) is 35.5 Å². The molecule has 0 saturated heterocycles. The highest BCUT2D eigenvalue weighted by molar-refractivity contribution is 14.0. The van der Waals surface area contributed by atoms with Crippen molar-refractivity contribution in [2.45, 2.75) is 19.8 Å². The third kappa shape index (κ3) is 8.01. The van der Waals surface area contributed by atoms with Gasteiger partial charge in [0.2, 0.25) is 0 Å². The van der Waals surface area contributed by atoms with E-state index in [1.165, 1.54) is 4.88 Å². The second kappa shape index (κ2) is 13.3. The molecule has 1 heterocycles. The van der Waals surface area contributed by atoms with E-state index in [2.05, 4.69) is 32.9 Å². The van der Waals surface area contributed by atoms with Crippen molar-refractivity contribution in [3.63, 3.8) is 0 Å². The van der Waals surface area contributed by atoms with E-state index >= 15 is 0 Å². The molecule has 0 aliphatic carbocycles. The first-order valence-corrected chi connectivity index (χ1v) is 9.78. The van der Waals surface area contributed by atoms with Gasteiger partial charge in [-0.1, -0.05) is 13.0 Å². The number of thiazole rings is 1. The fourth-order valence-corrected chi connectivity index (χ4v) is 3.22. The van der Waals surface area contributed by atoms with E-state index in [9.17, 15) is 4.79 Å². The molecule has 9 heteroatoms. The number of aryl methyl sites for hydroxylation is 1. The molecule has 0 fully saturated rings. The molecule has 2 rings (SSSR count). The van der Waals surface area contributed by atoms with Gasteiger partial charge in [0.15, 0.2) is 5.96 Å². The van der Waals surface area contributed by atoms with Gasteiger partial charge in [-0.15, -0.1) is 35.3 Å². The summed E-state index contributed by atoms with van der Waals surface area (Å²) in [6.45, 7) is 3.95. The maximum atomic E-state index is 12.1. The number of ether oxygens (including phenoxy) is 1. The number of carbonyl (C=O) groups excluding carboxylic acids is 1. The number of guanidine groups is 1. The number of aromatic nitrogens is 1. The lowest BCUT2D eigenvalue weighted by atomic mass is 10.2. The predicted molar refractivity (Wildman–Crippen MR) is 125 cm³/mol. The first kappa shape index (κ1) is 24.2. The van der Waals surface area contributed by atoms with E-state index in [1.807, 2.05) is 12.3 Å². The minimum Gasteiger partial charge on any atom is -0.497 e. The predicted octanol–water partition coefficient (Wildman–Crippen LogP) is 2.47. The zero-order valence-electron chi connectivity index (χ0n) is 16.4. The van der Waals surface area contributed by atoms with Gasteiger partial charge < -0.3 is 20.7 Å². The largest absolute Gasteiger partial charge is 0.497 e. The van der Waals surface area contributed by atoms with Gasteiger partial charge in [0, 0.05) is 49.7 Å². The molecule has 0 aliphatic heterocycles. The van der Waals surface area contributed by atoms with Crippen molar-refractivity contribution in [1.29, 1.82) is 0 Å². The van der Waals surface area contributed by atoms with E-state index in [4.69, 9.17) is 4.74 Å². The van der Waals surface area contributed by atoms with E-state index in [0.717, 1.165) is 24.4 Å². The number of methoxy groups -OCH3 is 1. The van der Waals surface area contributed by atoms with Crippen molar-refractivity contribution in [2.75, 3.05) is 33.8 Å². The summed E-state index contributed by atoms with van der Waals surface area (Å²) in [6, 6.07) is 7.08. The molecule has 3 N–H and O–H groups in total. The molecular formula is C19H28IN5O2S. The van der Waals surface area contributed by atoms with Crippen molar-refractivity contribution < 1.29 is 9.53 Å². The van der Waals surface area contributed by atoms with Gasteiger partial charge in [-0.2, -0.15) is 0 Å². The summed E-state index contributed by atoms with van der Waals surface area (Å²) in [5.74, 6) is 1.24.